The van der Waals surface area contributed by atoms with E-state index in [1.807, 2.05) is 30.3 Å². The van der Waals surface area contributed by atoms with Gasteiger partial charge in [0.05, 0.1) is 24.5 Å². The SMILES string of the molecule is CCCCCCCC(CCC(CCCC(C)N1CCCC1NC(=O)OCCCC)C(=O)OCc1ccccc1)C(=N)N. The maximum atomic E-state index is 13.3. The van der Waals surface area contributed by atoms with Gasteiger partial charge in [0.1, 0.15) is 6.61 Å². The number of rotatable bonds is 22. The highest BCUT2D eigenvalue weighted by Gasteiger charge is 2.30. The van der Waals surface area contributed by atoms with E-state index in [0.717, 1.165) is 76.3 Å². The van der Waals surface area contributed by atoms with Gasteiger partial charge in [-0.3, -0.25) is 15.1 Å². The van der Waals surface area contributed by atoms with E-state index in [9.17, 15) is 9.59 Å². The van der Waals surface area contributed by atoms with Gasteiger partial charge in [-0.25, -0.2) is 4.79 Å². The third kappa shape index (κ3) is 14.0. The number of unbranched alkanes of at least 4 members (excludes halogenated alkanes) is 5. The monoisotopic (exact) mass is 586 g/mol. The number of ether oxygens (including phenoxy) is 2. The van der Waals surface area contributed by atoms with E-state index in [2.05, 4.69) is 31.0 Å². The van der Waals surface area contributed by atoms with Crippen LogP contribution < -0.4 is 11.1 Å². The van der Waals surface area contributed by atoms with Gasteiger partial charge >= 0.3 is 12.1 Å². The molecule has 1 aliphatic rings. The minimum atomic E-state index is -0.334. The summed E-state index contributed by atoms with van der Waals surface area (Å²) >= 11 is 0. The zero-order valence-electron chi connectivity index (χ0n) is 26.6. The molecule has 1 aromatic rings. The number of carbonyl (C=O) groups excluding carboxylic acids is 2. The van der Waals surface area contributed by atoms with Crippen LogP contribution in [0.3, 0.4) is 0 Å². The Bertz CT molecular complexity index is 897. The predicted octanol–water partition coefficient (Wildman–Crippen LogP) is 7.55. The van der Waals surface area contributed by atoms with Crippen molar-refractivity contribution in [3.05, 3.63) is 35.9 Å². The first kappa shape index (κ1) is 35.6. The van der Waals surface area contributed by atoms with Crippen LogP contribution in [0.5, 0.6) is 0 Å². The molecule has 1 aliphatic heterocycles. The fourth-order valence-corrected chi connectivity index (χ4v) is 5.86. The molecule has 0 radical (unpaired) electrons. The summed E-state index contributed by atoms with van der Waals surface area (Å²) in [6.07, 6.45) is 14.3. The summed E-state index contributed by atoms with van der Waals surface area (Å²) in [5, 5.41) is 11.2. The van der Waals surface area contributed by atoms with Crippen LogP contribution in [0, 0.1) is 17.2 Å². The van der Waals surface area contributed by atoms with Crippen molar-refractivity contribution in [3.8, 4) is 0 Å². The van der Waals surface area contributed by atoms with Crippen LogP contribution in [-0.4, -0.2) is 48.2 Å². The van der Waals surface area contributed by atoms with Crippen LogP contribution in [0.25, 0.3) is 0 Å². The van der Waals surface area contributed by atoms with Crippen molar-refractivity contribution in [1.29, 1.82) is 5.41 Å². The van der Waals surface area contributed by atoms with Gasteiger partial charge in [0.2, 0.25) is 0 Å². The molecular weight excluding hydrogens is 528 g/mol. The van der Waals surface area contributed by atoms with Gasteiger partial charge in [0.15, 0.2) is 0 Å². The largest absolute Gasteiger partial charge is 0.461 e. The van der Waals surface area contributed by atoms with E-state index in [-0.39, 0.29) is 48.5 Å². The van der Waals surface area contributed by atoms with Crippen molar-refractivity contribution in [2.75, 3.05) is 13.2 Å². The molecule has 1 heterocycles. The van der Waals surface area contributed by atoms with E-state index >= 15 is 0 Å². The lowest BCUT2D eigenvalue weighted by molar-refractivity contribution is -0.150. The molecule has 1 saturated heterocycles. The molecule has 4 unspecified atom stereocenters. The number of hydrogen-bond donors (Lipinski definition) is 3. The molecule has 1 amide bonds. The van der Waals surface area contributed by atoms with Crippen molar-refractivity contribution in [2.45, 2.75) is 136 Å². The third-order valence-electron chi connectivity index (χ3n) is 8.57. The minimum Gasteiger partial charge on any atom is -0.461 e. The lowest BCUT2D eigenvalue weighted by Crippen LogP contribution is -2.48. The fraction of sp³-hybridized carbons (Fsp3) is 0.735. The smallest absolute Gasteiger partial charge is 0.408 e. The van der Waals surface area contributed by atoms with Crippen molar-refractivity contribution in [3.63, 3.8) is 0 Å². The fourth-order valence-electron chi connectivity index (χ4n) is 5.86. The van der Waals surface area contributed by atoms with Crippen LogP contribution in [0.15, 0.2) is 30.3 Å². The summed E-state index contributed by atoms with van der Waals surface area (Å²) in [5.41, 5.74) is 6.97. The molecule has 2 rings (SSSR count). The molecule has 0 aromatic heterocycles. The minimum absolute atomic E-state index is 0.00517. The molecule has 0 aliphatic carbocycles. The first-order chi connectivity index (χ1) is 20.3. The van der Waals surface area contributed by atoms with Gasteiger partial charge in [-0.15, -0.1) is 0 Å². The first-order valence-corrected chi connectivity index (χ1v) is 16.6. The topological polar surface area (TPSA) is 118 Å². The second kappa shape index (κ2) is 21.1. The highest BCUT2D eigenvalue weighted by molar-refractivity contribution is 5.79. The summed E-state index contributed by atoms with van der Waals surface area (Å²) in [7, 11) is 0. The summed E-state index contributed by atoms with van der Waals surface area (Å²) in [5.74, 6) is -0.129. The van der Waals surface area contributed by atoms with Crippen molar-refractivity contribution >= 4 is 17.9 Å². The highest BCUT2D eigenvalue weighted by Crippen LogP contribution is 2.26. The number of esters is 1. The number of benzene rings is 1. The van der Waals surface area contributed by atoms with Gasteiger partial charge in [0.25, 0.3) is 0 Å². The van der Waals surface area contributed by atoms with Gasteiger partial charge in [-0.05, 0) is 63.9 Å². The Hall–Kier alpha value is -2.61. The van der Waals surface area contributed by atoms with E-state index < -0.39 is 0 Å². The summed E-state index contributed by atoms with van der Waals surface area (Å²) in [6.45, 7) is 8.16. The maximum absolute atomic E-state index is 13.3. The van der Waals surface area contributed by atoms with Gasteiger partial charge in [-0.2, -0.15) is 0 Å². The van der Waals surface area contributed by atoms with Crippen molar-refractivity contribution in [2.24, 2.45) is 17.6 Å². The van der Waals surface area contributed by atoms with Crippen molar-refractivity contribution in [1.82, 2.24) is 10.2 Å². The maximum Gasteiger partial charge on any atom is 0.408 e. The lowest BCUT2D eigenvalue weighted by atomic mass is 9.88. The van der Waals surface area contributed by atoms with E-state index in [1.54, 1.807) is 0 Å². The third-order valence-corrected chi connectivity index (χ3v) is 8.57. The number of nitrogens with two attached hydrogens (primary N) is 1. The Morgan fingerprint density at radius 2 is 1.62 bits per heavy atom. The molecule has 8 nitrogen and oxygen atoms in total. The molecule has 1 fully saturated rings. The van der Waals surface area contributed by atoms with Gasteiger partial charge in [0, 0.05) is 18.5 Å². The Morgan fingerprint density at radius 3 is 2.33 bits per heavy atom. The standard InChI is InChI=1S/C34H58N4O4/c1-4-6-8-9-13-19-29(32(35)36)22-23-30(33(39)42-26-28-17-11-10-12-18-28)20-14-16-27(3)38-24-15-21-31(38)37-34(40)41-25-7-5-2/h10-12,17-18,27,29-31H,4-9,13-16,19-26H2,1-3H3,(H3,35,36)(H,37,40). The number of alkyl carbamates (subject to hydrolysis) is 1. The Kier molecular flexibility index (Phi) is 17.9. The normalized spacial score (nSPS) is 17.4. The van der Waals surface area contributed by atoms with E-state index in [0.29, 0.717) is 13.0 Å². The van der Waals surface area contributed by atoms with Crippen molar-refractivity contribution < 1.29 is 19.1 Å². The molecule has 1 aromatic carbocycles. The molecule has 0 bridgehead atoms. The Balaban J connectivity index is 1.91. The van der Waals surface area contributed by atoms with Crippen LogP contribution in [0.1, 0.15) is 123 Å². The van der Waals surface area contributed by atoms with Gasteiger partial charge < -0.3 is 20.5 Å². The molecule has 8 heteroatoms. The molecule has 4 atom stereocenters. The summed E-state index contributed by atoms with van der Waals surface area (Å²) < 4.78 is 11.1. The summed E-state index contributed by atoms with van der Waals surface area (Å²) in [6, 6.07) is 10.1. The van der Waals surface area contributed by atoms with Crippen LogP contribution in [0.4, 0.5) is 4.79 Å². The average Bonchev–Trinajstić information content (AvgIpc) is 3.44. The Morgan fingerprint density at radius 1 is 0.929 bits per heavy atom. The number of amides is 1. The number of carbonyl (C=O) groups is 2. The summed E-state index contributed by atoms with van der Waals surface area (Å²) in [4.78, 5) is 27.9. The number of nitrogens with one attached hydrogen (secondary N) is 2. The predicted molar refractivity (Wildman–Crippen MR) is 170 cm³/mol. The number of hydrogen-bond acceptors (Lipinski definition) is 6. The molecule has 0 spiro atoms. The quantitative estimate of drug-likeness (QED) is 0.0559. The second-order valence-corrected chi connectivity index (χ2v) is 12.0. The number of amidine groups is 1. The molecule has 42 heavy (non-hydrogen) atoms. The lowest BCUT2D eigenvalue weighted by Gasteiger charge is -2.31. The zero-order valence-corrected chi connectivity index (χ0v) is 26.6. The van der Waals surface area contributed by atoms with Crippen LogP contribution in [-0.2, 0) is 20.9 Å². The Labute approximate surface area is 255 Å². The molecule has 0 saturated carbocycles. The number of likely N-dealkylation sites (tertiary alicyclic amines) is 1. The highest BCUT2D eigenvalue weighted by atomic mass is 16.5. The second-order valence-electron chi connectivity index (χ2n) is 12.0. The number of nitrogens with zero attached hydrogens (tertiary/aromatic N) is 1. The zero-order chi connectivity index (χ0) is 30.6. The molecule has 238 valence electrons. The average molecular weight is 587 g/mol. The first-order valence-electron chi connectivity index (χ1n) is 16.6. The van der Waals surface area contributed by atoms with Gasteiger partial charge in [-0.1, -0.05) is 89.1 Å². The van der Waals surface area contributed by atoms with Crippen LogP contribution in [0.2, 0.25) is 0 Å². The molecule has 4 N–H and O–H groups in total. The van der Waals surface area contributed by atoms with E-state index in [1.165, 1.54) is 25.7 Å². The molecular formula is C34H58N4O4. The van der Waals surface area contributed by atoms with Crippen LogP contribution >= 0.6 is 0 Å². The van der Waals surface area contributed by atoms with E-state index in [4.69, 9.17) is 20.6 Å².